The molecule has 0 aliphatic rings. The number of esters is 1. The first-order valence-electron chi connectivity index (χ1n) is 8.58. The Morgan fingerprint density at radius 2 is 1.89 bits per heavy atom. The average molecular weight is 376 g/mol. The van der Waals surface area contributed by atoms with Crippen LogP contribution in [-0.2, 0) is 25.5 Å². The summed E-state index contributed by atoms with van der Waals surface area (Å²) in [6.07, 6.45) is 1.25. The molecule has 1 aromatic heterocycles. The van der Waals surface area contributed by atoms with Crippen molar-refractivity contribution in [3.8, 4) is 0 Å². The molecule has 0 bridgehead atoms. The van der Waals surface area contributed by atoms with Gasteiger partial charge in [-0.3, -0.25) is 14.2 Å². The molecule has 0 radical (unpaired) electrons. The highest BCUT2D eigenvalue weighted by Gasteiger charge is 2.16. The van der Waals surface area contributed by atoms with Gasteiger partial charge in [-0.1, -0.05) is 11.6 Å². The van der Waals surface area contributed by atoms with Crippen molar-refractivity contribution in [2.24, 2.45) is 0 Å². The van der Waals surface area contributed by atoms with Gasteiger partial charge in [0.25, 0.3) is 0 Å². The Morgan fingerprint density at radius 3 is 2.56 bits per heavy atom. The Bertz CT molecular complexity index is 840. The second-order valence-electron chi connectivity index (χ2n) is 6.54. The molecular weight excluding hydrogens is 352 g/mol. The van der Waals surface area contributed by atoms with E-state index >= 15 is 0 Å². The van der Waals surface area contributed by atoms with Crippen molar-refractivity contribution in [1.29, 1.82) is 0 Å². The quantitative estimate of drug-likeness (QED) is 0.558. The molecule has 8 heteroatoms. The number of benzene rings is 1. The predicted octanol–water partition coefficient (Wildman–Crippen LogP) is 2.40. The molecule has 0 aliphatic heterocycles. The van der Waals surface area contributed by atoms with Crippen LogP contribution in [0.1, 0.15) is 24.0 Å². The van der Waals surface area contributed by atoms with E-state index in [2.05, 4.69) is 4.90 Å². The first kappa shape index (κ1) is 20.4. The summed E-state index contributed by atoms with van der Waals surface area (Å²) in [5.41, 5.74) is 2.83. The largest absolute Gasteiger partial charge is 0.481 e. The molecule has 1 aromatic carbocycles. The third-order valence-electron chi connectivity index (χ3n) is 4.01. The molecule has 146 valence electrons. The lowest BCUT2D eigenvalue weighted by molar-refractivity contribution is -0.154. The fourth-order valence-electron chi connectivity index (χ4n) is 2.60. The fourth-order valence-corrected chi connectivity index (χ4v) is 2.60. The highest BCUT2D eigenvalue weighted by Crippen LogP contribution is 2.24. The van der Waals surface area contributed by atoms with E-state index in [0.29, 0.717) is 0 Å². The maximum Gasteiger partial charge on any atom is 0.421 e. The van der Waals surface area contributed by atoms with Crippen LogP contribution in [-0.4, -0.2) is 60.0 Å². The van der Waals surface area contributed by atoms with Crippen LogP contribution >= 0.6 is 0 Å². The first-order chi connectivity index (χ1) is 12.8. The standard InChI is InChI=1S/C19H24N2O6/c1-13-4-5-16-15(10-13)14(8-9-20(2)3)11-21(16)19(25)27-12-26-18(24)7-6-17(22)23/h4-5,10-11H,6-9,12H2,1-3H3,(H,22,23). The summed E-state index contributed by atoms with van der Waals surface area (Å²) in [6, 6.07) is 5.79. The zero-order chi connectivity index (χ0) is 20.0. The van der Waals surface area contributed by atoms with E-state index in [1.165, 1.54) is 4.57 Å². The van der Waals surface area contributed by atoms with Gasteiger partial charge in [0.2, 0.25) is 6.79 Å². The van der Waals surface area contributed by atoms with Crippen molar-refractivity contribution < 1.29 is 29.0 Å². The van der Waals surface area contributed by atoms with Crippen LogP contribution in [0.25, 0.3) is 10.9 Å². The van der Waals surface area contributed by atoms with E-state index in [-0.39, 0.29) is 12.8 Å². The minimum absolute atomic E-state index is 0.271. The molecule has 0 saturated heterocycles. The number of aryl methyl sites for hydroxylation is 1. The fraction of sp³-hybridized carbons (Fsp3) is 0.421. The molecule has 0 amide bonds. The molecule has 2 rings (SSSR count). The Labute approximate surface area is 157 Å². The Kier molecular flexibility index (Phi) is 6.95. The topological polar surface area (TPSA) is 98.1 Å². The van der Waals surface area contributed by atoms with E-state index < -0.39 is 24.8 Å². The van der Waals surface area contributed by atoms with Crippen LogP contribution in [0.3, 0.4) is 0 Å². The molecule has 1 heterocycles. The molecule has 0 saturated carbocycles. The molecule has 0 spiro atoms. The Balaban J connectivity index is 2.07. The van der Waals surface area contributed by atoms with Crippen LogP contribution < -0.4 is 0 Å². The van der Waals surface area contributed by atoms with Crippen molar-refractivity contribution >= 4 is 28.9 Å². The van der Waals surface area contributed by atoms with Crippen molar-refractivity contribution in [2.75, 3.05) is 27.4 Å². The molecule has 8 nitrogen and oxygen atoms in total. The van der Waals surface area contributed by atoms with Gasteiger partial charge in [-0.2, -0.15) is 0 Å². The number of hydrogen-bond donors (Lipinski definition) is 1. The highest BCUT2D eigenvalue weighted by molar-refractivity contribution is 5.92. The molecule has 0 unspecified atom stereocenters. The number of ether oxygens (including phenoxy) is 2. The molecular formula is C19H24N2O6. The van der Waals surface area contributed by atoms with Crippen molar-refractivity contribution in [3.05, 3.63) is 35.5 Å². The molecule has 27 heavy (non-hydrogen) atoms. The van der Waals surface area contributed by atoms with E-state index in [9.17, 15) is 14.4 Å². The summed E-state index contributed by atoms with van der Waals surface area (Å²) in [4.78, 5) is 36.2. The number of likely N-dealkylation sites (N-methyl/N-ethyl adjacent to an activating group) is 1. The van der Waals surface area contributed by atoms with Gasteiger partial charge in [0, 0.05) is 18.1 Å². The summed E-state index contributed by atoms with van der Waals surface area (Å²) in [5.74, 6) is -1.83. The number of aliphatic carboxylic acids is 1. The summed E-state index contributed by atoms with van der Waals surface area (Å²) >= 11 is 0. The summed E-state index contributed by atoms with van der Waals surface area (Å²) in [6.45, 7) is 2.26. The number of hydrogen-bond acceptors (Lipinski definition) is 6. The lowest BCUT2D eigenvalue weighted by atomic mass is 10.1. The third kappa shape index (κ3) is 5.82. The third-order valence-corrected chi connectivity index (χ3v) is 4.01. The van der Waals surface area contributed by atoms with E-state index in [4.69, 9.17) is 14.6 Å². The van der Waals surface area contributed by atoms with Gasteiger partial charge in [0.15, 0.2) is 0 Å². The monoisotopic (exact) mass is 376 g/mol. The lowest BCUT2D eigenvalue weighted by Crippen LogP contribution is -2.17. The van der Waals surface area contributed by atoms with Gasteiger partial charge in [-0.25, -0.2) is 4.79 Å². The van der Waals surface area contributed by atoms with Crippen molar-refractivity contribution in [1.82, 2.24) is 9.47 Å². The molecule has 0 atom stereocenters. The van der Waals surface area contributed by atoms with Crippen LogP contribution in [0.2, 0.25) is 0 Å². The van der Waals surface area contributed by atoms with Gasteiger partial charge in [0.1, 0.15) is 0 Å². The van der Waals surface area contributed by atoms with Crippen LogP contribution in [0, 0.1) is 6.92 Å². The van der Waals surface area contributed by atoms with Crippen LogP contribution in [0.15, 0.2) is 24.4 Å². The van der Waals surface area contributed by atoms with Crippen LogP contribution in [0.5, 0.6) is 0 Å². The van der Waals surface area contributed by atoms with Crippen LogP contribution in [0.4, 0.5) is 4.79 Å². The number of carbonyl (C=O) groups is 3. The Hall–Kier alpha value is -2.87. The molecule has 1 N–H and O–H groups in total. The molecule has 0 aliphatic carbocycles. The van der Waals surface area contributed by atoms with Crippen molar-refractivity contribution in [2.45, 2.75) is 26.2 Å². The minimum Gasteiger partial charge on any atom is -0.481 e. The smallest absolute Gasteiger partial charge is 0.421 e. The van der Waals surface area contributed by atoms with Crippen molar-refractivity contribution in [3.63, 3.8) is 0 Å². The van der Waals surface area contributed by atoms with E-state index in [0.717, 1.165) is 35.0 Å². The van der Waals surface area contributed by atoms with Gasteiger partial charge in [-0.15, -0.1) is 0 Å². The maximum absolute atomic E-state index is 12.4. The second kappa shape index (κ2) is 9.18. The van der Waals surface area contributed by atoms with E-state index in [1.54, 1.807) is 6.20 Å². The first-order valence-corrected chi connectivity index (χ1v) is 8.58. The number of carboxylic acid groups (broad SMARTS) is 1. The number of rotatable bonds is 8. The highest BCUT2D eigenvalue weighted by atomic mass is 16.7. The predicted molar refractivity (Wildman–Crippen MR) is 98.6 cm³/mol. The summed E-state index contributed by atoms with van der Waals surface area (Å²) < 4.78 is 11.1. The second-order valence-corrected chi connectivity index (χ2v) is 6.54. The number of fused-ring (bicyclic) bond motifs is 1. The number of aromatic nitrogens is 1. The zero-order valence-electron chi connectivity index (χ0n) is 15.7. The SMILES string of the molecule is Cc1ccc2c(c1)c(CCN(C)C)cn2C(=O)OCOC(=O)CCC(=O)O. The summed E-state index contributed by atoms with van der Waals surface area (Å²) in [5, 5.41) is 9.50. The number of nitrogens with zero attached hydrogens (tertiary/aromatic N) is 2. The van der Waals surface area contributed by atoms with Gasteiger partial charge >= 0.3 is 18.0 Å². The molecule has 0 fully saturated rings. The maximum atomic E-state index is 12.4. The number of carboxylic acids is 1. The Morgan fingerprint density at radius 1 is 1.15 bits per heavy atom. The molecule has 2 aromatic rings. The lowest BCUT2D eigenvalue weighted by Gasteiger charge is -2.08. The average Bonchev–Trinajstić information content (AvgIpc) is 2.96. The van der Waals surface area contributed by atoms with E-state index in [1.807, 2.05) is 39.2 Å². The number of carbonyl (C=O) groups excluding carboxylic acids is 2. The summed E-state index contributed by atoms with van der Waals surface area (Å²) in [7, 11) is 3.97. The van der Waals surface area contributed by atoms with Gasteiger partial charge < -0.3 is 19.5 Å². The minimum atomic E-state index is -1.09. The van der Waals surface area contributed by atoms with Gasteiger partial charge in [0.05, 0.1) is 18.4 Å². The normalized spacial score (nSPS) is 11.0. The van der Waals surface area contributed by atoms with Gasteiger partial charge in [-0.05, 0) is 45.1 Å². The zero-order valence-corrected chi connectivity index (χ0v) is 15.7.